The normalized spacial score (nSPS) is 17.7. The second-order valence-electron chi connectivity index (χ2n) is 14.4. The number of anilines is 1. The minimum atomic E-state index is -2.71. The average Bonchev–Trinajstić information content (AvgIpc) is 3.72. The Hall–Kier alpha value is -4.82. The van der Waals surface area contributed by atoms with Crippen molar-refractivity contribution in [3.05, 3.63) is 94.1 Å². The number of alkyl halides is 6. The SMILES string of the molecule is CO[C@@]1(N(C(=O)Cc2csc(NC(=O)OCC(Cl)(Cl)Cl)n2)C(=O)C(CCC(NC(=O)OCC(Cl)(Cl)Cl)OC(c2ccccc2)c2ccccc2)C(=O)O)C(=O)N2C(C(=O)O)=C(COC(N)=O)CS[C@H]21. The first-order valence-electron chi connectivity index (χ1n) is 19.6. The van der Waals surface area contributed by atoms with Gasteiger partial charge in [-0.15, -0.1) is 23.1 Å². The molecule has 5 rings (SSSR count). The number of nitrogens with zero attached hydrogens (tertiary/aromatic N) is 3. The van der Waals surface area contributed by atoms with Crippen LogP contribution in [0.4, 0.5) is 19.5 Å². The van der Waals surface area contributed by atoms with Crippen molar-refractivity contribution in [3.63, 3.8) is 0 Å². The lowest BCUT2D eigenvalue weighted by molar-refractivity contribution is -0.224. The number of carbonyl (C=O) groups excluding carboxylic acids is 6. The monoisotopic (exact) mass is 1120 g/mol. The summed E-state index contributed by atoms with van der Waals surface area (Å²) in [5, 5.41) is 25.3. The largest absolute Gasteiger partial charge is 0.481 e. The van der Waals surface area contributed by atoms with Crippen molar-refractivity contribution in [1.82, 2.24) is 20.1 Å². The summed E-state index contributed by atoms with van der Waals surface area (Å²) in [4.78, 5) is 112. The number of fused-ring (bicyclic) bond motifs is 1. The Morgan fingerprint density at radius 1 is 0.899 bits per heavy atom. The van der Waals surface area contributed by atoms with Crippen LogP contribution in [-0.2, 0) is 54.1 Å². The molecule has 6 N–H and O–H groups in total. The number of hydrogen-bond donors (Lipinski definition) is 5. The van der Waals surface area contributed by atoms with Crippen LogP contribution in [-0.4, -0.2) is 131 Å². The Kier molecular flexibility index (Phi) is 19.1. The highest BCUT2D eigenvalue weighted by Gasteiger charge is 2.71. The fourth-order valence-electron chi connectivity index (χ4n) is 6.84. The topological polar surface area (TPSA) is 293 Å². The molecule has 3 aromatic rings. The lowest BCUT2D eigenvalue weighted by Crippen LogP contribution is -2.82. The van der Waals surface area contributed by atoms with Gasteiger partial charge in [0.1, 0.15) is 49.1 Å². The summed E-state index contributed by atoms with van der Waals surface area (Å²) in [5.41, 5.74) is 2.68. The van der Waals surface area contributed by atoms with E-state index in [0.717, 1.165) is 30.2 Å². The number of aromatic nitrogens is 1. The van der Waals surface area contributed by atoms with Crippen LogP contribution in [0, 0.1) is 5.92 Å². The van der Waals surface area contributed by atoms with Gasteiger partial charge in [0.25, 0.3) is 11.6 Å². The van der Waals surface area contributed by atoms with Crippen LogP contribution in [0.15, 0.2) is 77.3 Å². The van der Waals surface area contributed by atoms with Gasteiger partial charge in [0.05, 0.1) is 12.1 Å². The van der Waals surface area contributed by atoms with Crippen molar-refractivity contribution in [2.45, 2.75) is 50.3 Å². The number of carboxylic acids is 2. The number of primary amides is 1. The molecule has 3 heterocycles. The van der Waals surface area contributed by atoms with E-state index in [1.807, 2.05) is 0 Å². The molecule has 2 aliphatic rings. The van der Waals surface area contributed by atoms with E-state index in [2.05, 4.69) is 15.6 Å². The zero-order valence-corrected chi connectivity index (χ0v) is 41.5. The number of thioether (sulfide) groups is 1. The molecule has 0 spiro atoms. The van der Waals surface area contributed by atoms with Crippen molar-refractivity contribution in [3.8, 4) is 0 Å². The van der Waals surface area contributed by atoms with Crippen LogP contribution in [0.2, 0.25) is 0 Å². The molecule has 1 aromatic heterocycles. The molecule has 0 bridgehead atoms. The van der Waals surface area contributed by atoms with Gasteiger partial charge in [0, 0.05) is 23.8 Å². The molecule has 6 amide bonds. The van der Waals surface area contributed by atoms with E-state index in [1.54, 1.807) is 60.7 Å². The molecule has 2 aliphatic heterocycles. The molecule has 0 saturated carbocycles. The predicted molar refractivity (Wildman–Crippen MR) is 251 cm³/mol. The van der Waals surface area contributed by atoms with Crippen LogP contribution in [0.1, 0.15) is 35.8 Å². The van der Waals surface area contributed by atoms with Crippen molar-refractivity contribution in [2.75, 3.05) is 38.0 Å². The second kappa shape index (κ2) is 23.9. The van der Waals surface area contributed by atoms with Gasteiger partial charge in [-0.3, -0.25) is 34.7 Å². The number of hydrogen-bond acceptors (Lipinski definition) is 16. The zero-order chi connectivity index (χ0) is 50.8. The molecule has 21 nitrogen and oxygen atoms in total. The van der Waals surface area contributed by atoms with Crippen molar-refractivity contribution in [1.29, 1.82) is 0 Å². The number of halogens is 6. The van der Waals surface area contributed by atoms with Gasteiger partial charge >= 0.3 is 30.2 Å². The van der Waals surface area contributed by atoms with E-state index < -0.39 is 130 Å². The lowest BCUT2D eigenvalue weighted by Gasteiger charge is -2.58. The number of alkyl carbamates (subject to hydrolysis) is 1. The number of β-lactam (4-membered cyclic amide) rings is 1. The number of aliphatic carboxylic acids is 2. The molecule has 0 radical (unpaired) electrons. The van der Waals surface area contributed by atoms with Crippen LogP contribution in [0.3, 0.4) is 0 Å². The summed E-state index contributed by atoms with van der Waals surface area (Å²) < 4.78 is 22.8. The summed E-state index contributed by atoms with van der Waals surface area (Å²) in [5.74, 6) is -10.1. The van der Waals surface area contributed by atoms with E-state index in [9.17, 15) is 48.6 Å². The summed E-state index contributed by atoms with van der Waals surface area (Å²) >= 11 is 35.8. The van der Waals surface area contributed by atoms with Gasteiger partial charge in [-0.05, 0) is 24.0 Å². The fraction of sp³-hybridized carbons (Fsp3) is 0.375. The number of ether oxygens (including phenoxy) is 5. The Balaban J connectivity index is 1.52. The number of nitrogens with one attached hydrogen (secondary N) is 2. The molecule has 29 heteroatoms. The number of rotatable bonds is 20. The highest BCUT2D eigenvalue weighted by atomic mass is 35.6. The highest BCUT2D eigenvalue weighted by Crippen LogP contribution is 2.50. The Bertz CT molecular complexity index is 2410. The number of carboxylic acid groups (broad SMARTS) is 2. The molecule has 4 atom stereocenters. The molecular formula is C40H38Cl6N6O15S2. The molecule has 1 saturated heterocycles. The van der Waals surface area contributed by atoms with E-state index in [1.165, 1.54) is 5.38 Å². The van der Waals surface area contributed by atoms with Crippen LogP contribution >= 0.6 is 92.7 Å². The van der Waals surface area contributed by atoms with Crippen molar-refractivity contribution in [2.24, 2.45) is 11.7 Å². The number of thiazole rings is 1. The number of carbonyl (C=O) groups is 8. The number of amides is 6. The molecule has 69 heavy (non-hydrogen) atoms. The van der Waals surface area contributed by atoms with Gasteiger partial charge in [-0.1, -0.05) is 130 Å². The first-order valence-corrected chi connectivity index (χ1v) is 23.8. The first-order chi connectivity index (χ1) is 32.4. The third-order valence-electron chi connectivity index (χ3n) is 9.71. The summed E-state index contributed by atoms with van der Waals surface area (Å²) in [6.07, 6.45) is -7.97. The van der Waals surface area contributed by atoms with Gasteiger partial charge in [0.15, 0.2) is 5.13 Å². The predicted octanol–water partition coefficient (Wildman–Crippen LogP) is 6.36. The Morgan fingerprint density at radius 3 is 2.00 bits per heavy atom. The minimum absolute atomic E-state index is 0.0849. The van der Waals surface area contributed by atoms with E-state index in [0.29, 0.717) is 16.0 Å². The third-order valence-corrected chi connectivity index (χ3v) is 12.5. The van der Waals surface area contributed by atoms with Gasteiger partial charge in [0.2, 0.25) is 19.4 Å². The molecule has 2 unspecified atom stereocenters. The maximum atomic E-state index is 15.0. The van der Waals surface area contributed by atoms with Gasteiger partial charge < -0.3 is 39.6 Å². The van der Waals surface area contributed by atoms with E-state index >= 15 is 0 Å². The van der Waals surface area contributed by atoms with E-state index in [-0.39, 0.29) is 27.1 Å². The first kappa shape index (κ1) is 55.1. The molecule has 372 valence electrons. The maximum absolute atomic E-state index is 15.0. The fourth-order valence-corrected chi connectivity index (χ4v) is 9.32. The third kappa shape index (κ3) is 14.4. The lowest BCUT2D eigenvalue weighted by atomic mass is 9.92. The second-order valence-corrected chi connectivity index (χ2v) is 21.4. The van der Waals surface area contributed by atoms with E-state index in [4.69, 9.17) is 99.0 Å². The number of benzene rings is 2. The van der Waals surface area contributed by atoms with Crippen LogP contribution < -0.4 is 16.4 Å². The van der Waals surface area contributed by atoms with Gasteiger partial charge in [-0.25, -0.2) is 29.1 Å². The Labute approximate surface area is 429 Å². The molecule has 2 aromatic carbocycles. The highest BCUT2D eigenvalue weighted by molar-refractivity contribution is 8.00. The van der Waals surface area contributed by atoms with Crippen LogP contribution in [0.5, 0.6) is 0 Å². The quantitative estimate of drug-likeness (QED) is 0.0270. The van der Waals surface area contributed by atoms with Crippen molar-refractivity contribution < 1.29 is 72.3 Å². The summed E-state index contributed by atoms with van der Waals surface area (Å²) in [6, 6.07) is 17.3. The minimum Gasteiger partial charge on any atom is -0.481 e. The van der Waals surface area contributed by atoms with Crippen molar-refractivity contribution >= 4 is 146 Å². The molecular weight excluding hydrogens is 1080 g/mol. The van der Waals surface area contributed by atoms with Gasteiger partial charge in [-0.2, -0.15) is 0 Å². The number of nitrogens with two attached hydrogens (primary N) is 1. The molecule has 0 aliphatic carbocycles. The van der Waals surface area contributed by atoms with Crippen LogP contribution in [0.25, 0.3) is 0 Å². The molecule has 1 fully saturated rings. The Morgan fingerprint density at radius 2 is 1.48 bits per heavy atom. The smallest absolute Gasteiger partial charge is 0.413 e. The number of methoxy groups -OCH3 is 1. The summed E-state index contributed by atoms with van der Waals surface area (Å²) in [7, 11) is 0.937. The standard InChI is InChI=1S/C40H38Cl6N6O15S2/c1-63-40(32(59)51-27(31(57)58)22(15-64-34(47)60)16-68-33(40)51)52(26(53)14-23-17-69-35(48-23)50-37(62)66-19-39(44,45)46)29(54)24(30(55)56)12-13-25(49-36(61)65-18-38(41,42)43)67-28(20-8-4-2-5-9-20)21-10-6-3-7-11-21/h2-11,17,24-25,28,33H,12-16,18-19H2,1H3,(H2,47,60)(H,49,61)(H,55,56)(H,57,58)(H,48,50,62)/t24?,25?,33-,40-/m0/s1. The summed E-state index contributed by atoms with van der Waals surface area (Å²) in [6.45, 7) is -2.01. The number of imide groups is 1. The average molecular weight is 1120 g/mol. The maximum Gasteiger partial charge on any atom is 0.413 e. The zero-order valence-electron chi connectivity index (χ0n) is 35.3.